The highest BCUT2D eigenvalue weighted by Crippen LogP contribution is 2.17. The zero-order chi connectivity index (χ0) is 12.0. The topological polar surface area (TPSA) is 33.7 Å². The maximum atomic E-state index is 5.59. The van der Waals surface area contributed by atoms with Crippen LogP contribution in [0.15, 0.2) is 0 Å². The molecular formula is C12H26N2O2. The van der Waals surface area contributed by atoms with E-state index in [1.807, 2.05) is 13.8 Å². The molecule has 0 spiro atoms. The molecule has 0 amide bonds. The number of hydrogen-bond donors (Lipinski definition) is 1. The summed E-state index contributed by atoms with van der Waals surface area (Å²) >= 11 is 0. The summed E-state index contributed by atoms with van der Waals surface area (Å²) in [6.07, 6.45) is -0.0904. The van der Waals surface area contributed by atoms with Crippen molar-refractivity contribution in [3.63, 3.8) is 0 Å². The molecule has 16 heavy (non-hydrogen) atoms. The lowest BCUT2D eigenvalue weighted by Gasteiger charge is -2.44. The third kappa shape index (κ3) is 4.01. The van der Waals surface area contributed by atoms with Crippen molar-refractivity contribution in [1.82, 2.24) is 10.2 Å². The molecule has 0 bridgehead atoms. The second-order valence-corrected chi connectivity index (χ2v) is 4.78. The van der Waals surface area contributed by atoms with E-state index in [1.165, 1.54) is 0 Å². The Labute approximate surface area is 99.3 Å². The molecule has 1 aliphatic heterocycles. The molecule has 0 aliphatic carbocycles. The molecule has 0 aromatic carbocycles. The van der Waals surface area contributed by atoms with Crippen LogP contribution in [0.5, 0.6) is 0 Å². The van der Waals surface area contributed by atoms with Crippen LogP contribution >= 0.6 is 0 Å². The van der Waals surface area contributed by atoms with E-state index >= 15 is 0 Å². The largest absolute Gasteiger partial charge is 0.352 e. The van der Waals surface area contributed by atoms with Crippen LogP contribution in [0.2, 0.25) is 0 Å². The molecule has 1 heterocycles. The fourth-order valence-corrected chi connectivity index (χ4v) is 2.07. The van der Waals surface area contributed by atoms with Crippen LogP contribution in [0.3, 0.4) is 0 Å². The minimum absolute atomic E-state index is 0.0904. The predicted octanol–water partition coefficient (Wildman–Crippen LogP) is 1.07. The van der Waals surface area contributed by atoms with Gasteiger partial charge in [-0.15, -0.1) is 0 Å². The minimum atomic E-state index is -0.0904. The Morgan fingerprint density at radius 1 is 1.25 bits per heavy atom. The number of rotatable bonds is 6. The SMILES string of the molecule is CCOC(CN1CCNCC1(C)C)OCC. The summed E-state index contributed by atoms with van der Waals surface area (Å²) in [4.78, 5) is 2.44. The molecule has 4 nitrogen and oxygen atoms in total. The zero-order valence-corrected chi connectivity index (χ0v) is 11.1. The Balaban J connectivity index is 2.47. The average Bonchev–Trinajstić information content (AvgIpc) is 2.22. The first-order valence-corrected chi connectivity index (χ1v) is 6.29. The van der Waals surface area contributed by atoms with Crippen LogP contribution < -0.4 is 5.32 Å². The maximum Gasteiger partial charge on any atom is 0.170 e. The first-order valence-electron chi connectivity index (χ1n) is 6.29. The van der Waals surface area contributed by atoms with Gasteiger partial charge in [-0.3, -0.25) is 4.90 Å². The van der Waals surface area contributed by atoms with Gasteiger partial charge in [-0.05, 0) is 27.7 Å². The standard InChI is InChI=1S/C12H26N2O2/c1-5-15-11(16-6-2)9-14-8-7-13-10-12(14,3)4/h11,13H,5-10H2,1-4H3. The van der Waals surface area contributed by atoms with Gasteiger partial charge in [0.2, 0.25) is 0 Å². The van der Waals surface area contributed by atoms with E-state index in [9.17, 15) is 0 Å². The van der Waals surface area contributed by atoms with Crippen molar-refractivity contribution in [2.75, 3.05) is 39.4 Å². The molecule has 1 rings (SSSR count). The summed E-state index contributed by atoms with van der Waals surface area (Å²) in [6, 6.07) is 0. The van der Waals surface area contributed by atoms with Crippen LogP contribution in [0.4, 0.5) is 0 Å². The number of nitrogens with one attached hydrogen (secondary N) is 1. The molecular weight excluding hydrogens is 204 g/mol. The highest BCUT2D eigenvalue weighted by atomic mass is 16.7. The summed E-state index contributed by atoms with van der Waals surface area (Å²) in [7, 11) is 0. The molecule has 0 radical (unpaired) electrons. The third-order valence-corrected chi connectivity index (χ3v) is 3.05. The lowest BCUT2D eigenvalue weighted by Crippen LogP contribution is -2.59. The molecule has 96 valence electrons. The van der Waals surface area contributed by atoms with Gasteiger partial charge in [0.1, 0.15) is 0 Å². The molecule has 4 heteroatoms. The molecule has 0 saturated carbocycles. The van der Waals surface area contributed by atoms with Crippen molar-refractivity contribution >= 4 is 0 Å². The zero-order valence-electron chi connectivity index (χ0n) is 11.1. The second kappa shape index (κ2) is 6.55. The fraction of sp³-hybridized carbons (Fsp3) is 1.00. The van der Waals surface area contributed by atoms with E-state index in [-0.39, 0.29) is 11.8 Å². The molecule has 1 N–H and O–H groups in total. The van der Waals surface area contributed by atoms with E-state index < -0.39 is 0 Å². The van der Waals surface area contributed by atoms with Gasteiger partial charge in [-0.1, -0.05) is 0 Å². The van der Waals surface area contributed by atoms with E-state index in [2.05, 4.69) is 24.1 Å². The quantitative estimate of drug-likeness (QED) is 0.692. The second-order valence-electron chi connectivity index (χ2n) is 4.78. The first kappa shape index (κ1) is 13.9. The van der Waals surface area contributed by atoms with Crippen LogP contribution in [-0.2, 0) is 9.47 Å². The fourth-order valence-electron chi connectivity index (χ4n) is 2.07. The van der Waals surface area contributed by atoms with Gasteiger partial charge in [0.05, 0.1) is 6.54 Å². The van der Waals surface area contributed by atoms with Crippen molar-refractivity contribution < 1.29 is 9.47 Å². The summed E-state index contributed by atoms with van der Waals surface area (Å²) in [6.45, 7) is 13.9. The first-order chi connectivity index (χ1) is 7.60. The number of ether oxygens (including phenoxy) is 2. The number of piperazine rings is 1. The van der Waals surface area contributed by atoms with Gasteiger partial charge >= 0.3 is 0 Å². The third-order valence-electron chi connectivity index (χ3n) is 3.05. The highest BCUT2D eigenvalue weighted by molar-refractivity contribution is 4.88. The van der Waals surface area contributed by atoms with Gasteiger partial charge in [0.15, 0.2) is 6.29 Å². The van der Waals surface area contributed by atoms with Crippen LogP contribution in [0.25, 0.3) is 0 Å². The van der Waals surface area contributed by atoms with E-state index in [1.54, 1.807) is 0 Å². The Kier molecular flexibility index (Phi) is 5.69. The molecule has 1 fully saturated rings. The summed E-state index contributed by atoms with van der Waals surface area (Å²) in [5, 5.41) is 3.42. The highest BCUT2D eigenvalue weighted by Gasteiger charge is 2.31. The Bertz CT molecular complexity index is 191. The van der Waals surface area contributed by atoms with E-state index in [0.29, 0.717) is 13.2 Å². The monoisotopic (exact) mass is 230 g/mol. The Morgan fingerprint density at radius 3 is 2.38 bits per heavy atom. The minimum Gasteiger partial charge on any atom is -0.352 e. The van der Waals surface area contributed by atoms with Crippen molar-refractivity contribution in [3.8, 4) is 0 Å². The van der Waals surface area contributed by atoms with Crippen molar-refractivity contribution in [2.24, 2.45) is 0 Å². The molecule has 1 saturated heterocycles. The molecule has 0 aromatic rings. The van der Waals surface area contributed by atoms with Crippen molar-refractivity contribution in [3.05, 3.63) is 0 Å². The van der Waals surface area contributed by atoms with E-state index in [0.717, 1.165) is 26.2 Å². The van der Waals surface area contributed by atoms with E-state index in [4.69, 9.17) is 9.47 Å². The van der Waals surface area contributed by atoms with Crippen LogP contribution in [0.1, 0.15) is 27.7 Å². The molecule has 1 aliphatic rings. The van der Waals surface area contributed by atoms with Crippen LogP contribution in [-0.4, -0.2) is 56.1 Å². The lowest BCUT2D eigenvalue weighted by atomic mass is 10.0. The average molecular weight is 230 g/mol. The summed E-state index contributed by atoms with van der Waals surface area (Å²) < 4.78 is 11.2. The normalized spacial score (nSPS) is 21.6. The molecule has 0 aromatic heterocycles. The summed E-state index contributed by atoms with van der Waals surface area (Å²) in [5.74, 6) is 0. The smallest absolute Gasteiger partial charge is 0.170 e. The maximum absolute atomic E-state index is 5.59. The Hall–Kier alpha value is -0.160. The van der Waals surface area contributed by atoms with Gasteiger partial charge in [-0.25, -0.2) is 0 Å². The number of hydrogen-bond acceptors (Lipinski definition) is 4. The summed E-state index contributed by atoms with van der Waals surface area (Å²) in [5.41, 5.74) is 0.185. The van der Waals surface area contributed by atoms with Crippen LogP contribution in [0, 0.1) is 0 Å². The number of nitrogens with zero attached hydrogens (tertiary/aromatic N) is 1. The molecule has 0 unspecified atom stereocenters. The predicted molar refractivity (Wildman–Crippen MR) is 65.6 cm³/mol. The Morgan fingerprint density at radius 2 is 1.88 bits per heavy atom. The van der Waals surface area contributed by atoms with Gasteiger partial charge in [0, 0.05) is 38.4 Å². The lowest BCUT2D eigenvalue weighted by molar-refractivity contribution is -0.156. The molecule has 0 atom stereocenters. The van der Waals surface area contributed by atoms with Gasteiger partial charge in [0.25, 0.3) is 0 Å². The van der Waals surface area contributed by atoms with Gasteiger partial charge in [-0.2, -0.15) is 0 Å². The van der Waals surface area contributed by atoms with Crippen molar-refractivity contribution in [2.45, 2.75) is 39.5 Å². The van der Waals surface area contributed by atoms with Crippen molar-refractivity contribution in [1.29, 1.82) is 0 Å². The van der Waals surface area contributed by atoms with Gasteiger partial charge < -0.3 is 14.8 Å².